The maximum Gasteiger partial charge on any atom is 0.336 e. The van der Waals surface area contributed by atoms with Gasteiger partial charge in [0.15, 0.2) is 0 Å². The zero-order chi connectivity index (χ0) is 19.0. The van der Waals surface area contributed by atoms with E-state index < -0.39 is 0 Å². The Bertz CT molecular complexity index is 1040. The van der Waals surface area contributed by atoms with Crippen molar-refractivity contribution in [2.45, 2.75) is 26.3 Å². The molecule has 1 aliphatic rings. The third-order valence-electron chi connectivity index (χ3n) is 4.91. The molecular weight excluding hydrogens is 385 g/mol. The van der Waals surface area contributed by atoms with Crippen LogP contribution in [-0.2, 0) is 19.4 Å². The predicted molar refractivity (Wildman–Crippen MR) is 108 cm³/mol. The van der Waals surface area contributed by atoms with Crippen molar-refractivity contribution in [3.63, 3.8) is 0 Å². The largest absolute Gasteiger partial charge is 0.476 e. The Morgan fingerprint density at radius 2 is 1.93 bits per heavy atom. The lowest BCUT2D eigenvalue weighted by atomic mass is 10.0. The number of benzene rings is 2. The summed E-state index contributed by atoms with van der Waals surface area (Å²) in [6.07, 6.45) is 1.61. The third-order valence-corrected chi connectivity index (χ3v) is 5.44. The Labute approximate surface area is 167 Å². The second-order valence-electron chi connectivity index (χ2n) is 6.69. The Morgan fingerprint density at radius 3 is 2.67 bits per heavy atom. The molecule has 27 heavy (non-hydrogen) atoms. The van der Waals surface area contributed by atoms with Crippen LogP contribution in [0.1, 0.15) is 23.6 Å². The van der Waals surface area contributed by atoms with E-state index in [0.29, 0.717) is 29.6 Å². The number of hydrogen-bond donors (Lipinski definition) is 0. The smallest absolute Gasteiger partial charge is 0.336 e. The maximum absolute atomic E-state index is 12.0. The van der Waals surface area contributed by atoms with Gasteiger partial charge in [0.25, 0.3) is 0 Å². The second kappa shape index (κ2) is 7.55. The van der Waals surface area contributed by atoms with E-state index in [1.54, 1.807) is 0 Å². The van der Waals surface area contributed by atoms with Gasteiger partial charge in [-0.3, -0.25) is 4.90 Å². The molecule has 0 bridgehead atoms. The molecule has 0 fully saturated rings. The van der Waals surface area contributed by atoms with E-state index in [9.17, 15) is 4.79 Å². The molecule has 2 aromatic carbocycles. The number of halogens is 2. The van der Waals surface area contributed by atoms with Crippen LogP contribution in [0, 0.1) is 0 Å². The third kappa shape index (κ3) is 3.70. The zero-order valence-electron chi connectivity index (χ0n) is 14.9. The van der Waals surface area contributed by atoms with Crippen molar-refractivity contribution in [3.05, 3.63) is 73.6 Å². The summed E-state index contributed by atoms with van der Waals surface area (Å²) in [6, 6.07) is 11.2. The van der Waals surface area contributed by atoms with Crippen molar-refractivity contribution in [3.8, 4) is 5.75 Å². The van der Waals surface area contributed by atoms with Gasteiger partial charge in [0.05, 0.1) is 10.6 Å². The van der Waals surface area contributed by atoms with Crippen LogP contribution in [0.5, 0.6) is 5.75 Å². The summed E-state index contributed by atoms with van der Waals surface area (Å²) in [5, 5.41) is 2.17. The molecule has 4 nitrogen and oxygen atoms in total. The van der Waals surface area contributed by atoms with Gasteiger partial charge in [-0.1, -0.05) is 42.3 Å². The van der Waals surface area contributed by atoms with Gasteiger partial charge in [-0.15, -0.1) is 0 Å². The average Bonchev–Trinajstić information content (AvgIpc) is 2.67. The molecule has 3 aromatic rings. The fourth-order valence-corrected chi connectivity index (χ4v) is 3.88. The van der Waals surface area contributed by atoms with E-state index in [1.807, 2.05) is 37.3 Å². The van der Waals surface area contributed by atoms with Gasteiger partial charge in [0.2, 0.25) is 0 Å². The topological polar surface area (TPSA) is 42.7 Å². The maximum atomic E-state index is 12.0. The van der Waals surface area contributed by atoms with Gasteiger partial charge in [-0.2, -0.15) is 0 Å². The fraction of sp³-hybridized carbons (Fsp3) is 0.286. The summed E-state index contributed by atoms with van der Waals surface area (Å²) in [4.78, 5) is 14.2. The van der Waals surface area contributed by atoms with Crippen LogP contribution in [0.2, 0.25) is 10.0 Å². The SMILES string of the molecule is CCc1cc(=O)oc2c3c(c(Cl)cc12)OCN(CCc1ccc(Cl)cc1)C3. The minimum absolute atomic E-state index is 0.345. The van der Waals surface area contributed by atoms with Crippen molar-refractivity contribution in [1.29, 1.82) is 0 Å². The first kappa shape index (κ1) is 18.4. The molecule has 0 radical (unpaired) electrons. The molecule has 0 N–H and O–H groups in total. The molecule has 0 unspecified atom stereocenters. The van der Waals surface area contributed by atoms with Crippen molar-refractivity contribution in [1.82, 2.24) is 4.90 Å². The lowest BCUT2D eigenvalue weighted by Gasteiger charge is -2.30. The molecule has 6 heteroatoms. The monoisotopic (exact) mass is 403 g/mol. The van der Waals surface area contributed by atoms with E-state index in [2.05, 4.69) is 4.90 Å². The number of hydrogen-bond acceptors (Lipinski definition) is 4. The number of ether oxygens (including phenoxy) is 1. The highest BCUT2D eigenvalue weighted by Crippen LogP contribution is 2.39. The molecule has 140 valence electrons. The first-order chi connectivity index (χ1) is 13.0. The van der Waals surface area contributed by atoms with Crippen molar-refractivity contribution >= 4 is 34.2 Å². The van der Waals surface area contributed by atoms with Gasteiger partial charge in [0.1, 0.15) is 18.1 Å². The molecular formula is C21H19Cl2NO3. The van der Waals surface area contributed by atoms with Crippen molar-refractivity contribution in [2.24, 2.45) is 0 Å². The standard InChI is InChI=1S/C21H19Cl2NO3/c1-2-14-9-19(25)27-20-16(14)10-18(23)21-17(20)11-24(12-26-21)8-7-13-3-5-15(22)6-4-13/h3-6,9-10H,2,7-8,11-12H2,1H3. The molecule has 0 aliphatic carbocycles. The van der Waals surface area contributed by atoms with Gasteiger partial charge >= 0.3 is 5.63 Å². The second-order valence-corrected chi connectivity index (χ2v) is 7.53. The molecule has 0 atom stereocenters. The minimum atomic E-state index is -0.345. The number of rotatable bonds is 4. The van der Waals surface area contributed by atoms with Crippen LogP contribution in [0.15, 0.2) is 45.6 Å². The van der Waals surface area contributed by atoms with Gasteiger partial charge in [-0.25, -0.2) is 4.79 Å². The van der Waals surface area contributed by atoms with Crippen molar-refractivity contribution in [2.75, 3.05) is 13.3 Å². The number of fused-ring (bicyclic) bond motifs is 3. The highest BCUT2D eigenvalue weighted by Gasteiger charge is 2.25. The Morgan fingerprint density at radius 1 is 1.15 bits per heavy atom. The summed E-state index contributed by atoms with van der Waals surface area (Å²) in [7, 11) is 0. The van der Waals surface area contributed by atoms with Gasteiger partial charge in [-0.05, 0) is 42.2 Å². The molecule has 0 saturated heterocycles. The van der Waals surface area contributed by atoms with E-state index >= 15 is 0 Å². The first-order valence-corrected chi connectivity index (χ1v) is 9.68. The predicted octanol–water partition coefficient (Wildman–Crippen LogP) is 5.06. The minimum Gasteiger partial charge on any atom is -0.476 e. The lowest BCUT2D eigenvalue weighted by Crippen LogP contribution is -2.34. The molecule has 0 spiro atoms. The summed E-state index contributed by atoms with van der Waals surface area (Å²) in [6.45, 7) is 3.89. The van der Waals surface area contributed by atoms with Crippen LogP contribution >= 0.6 is 23.2 Å². The molecule has 4 rings (SSSR count). The van der Waals surface area contributed by atoms with Crippen LogP contribution in [0.4, 0.5) is 0 Å². The number of aryl methyl sites for hydroxylation is 1. The van der Waals surface area contributed by atoms with Crippen LogP contribution < -0.4 is 10.4 Å². The summed E-state index contributed by atoms with van der Waals surface area (Å²) in [5.41, 5.74) is 3.22. The quantitative estimate of drug-likeness (QED) is 0.571. The molecule has 0 saturated carbocycles. The van der Waals surface area contributed by atoms with E-state index in [0.717, 1.165) is 40.9 Å². The normalized spacial score (nSPS) is 14.2. The average molecular weight is 404 g/mol. The highest BCUT2D eigenvalue weighted by molar-refractivity contribution is 6.33. The fourth-order valence-electron chi connectivity index (χ4n) is 3.47. The Hall–Kier alpha value is -2.01. The molecule has 1 aliphatic heterocycles. The first-order valence-electron chi connectivity index (χ1n) is 8.93. The van der Waals surface area contributed by atoms with E-state index in [4.69, 9.17) is 32.4 Å². The summed E-state index contributed by atoms with van der Waals surface area (Å²) < 4.78 is 11.5. The van der Waals surface area contributed by atoms with Gasteiger partial charge < -0.3 is 9.15 Å². The van der Waals surface area contributed by atoms with Crippen molar-refractivity contribution < 1.29 is 9.15 Å². The number of nitrogens with zero attached hydrogens (tertiary/aromatic N) is 1. The molecule has 2 heterocycles. The lowest BCUT2D eigenvalue weighted by molar-refractivity contribution is 0.0969. The van der Waals surface area contributed by atoms with E-state index in [-0.39, 0.29) is 5.63 Å². The Balaban J connectivity index is 1.64. The zero-order valence-corrected chi connectivity index (χ0v) is 16.4. The van der Waals surface area contributed by atoms with Gasteiger partial charge in [0, 0.05) is 29.6 Å². The van der Waals surface area contributed by atoms with Crippen LogP contribution in [0.3, 0.4) is 0 Å². The molecule has 1 aromatic heterocycles. The Kier molecular flexibility index (Phi) is 5.13. The summed E-state index contributed by atoms with van der Waals surface area (Å²) in [5.74, 6) is 0.614. The molecule has 0 amide bonds. The van der Waals surface area contributed by atoms with E-state index in [1.165, 1.54) is 11.6 Å². The summed E-state index contributed by atoms with van der Waals surface area (Å²) >= 11 is 12.4. The van der Waals surface area contributed by atoms with Crippen LogP contribution in [0.25, 0.3) is 11.0 Å². The highest BCUT2D eigenvalue weighted by atomic mass is 35.5. The van der Waals surface area contributed by atoms with Crippen LogP contribution in [-0.4, -0.2) is 18.2 Å².